The van der Waals surface area contributed by atoms with Crippen molar-refractivity contribution in [2.45, 2.75) is 20.1 Å². The topological polar surface area (TPSA) is 97.3 Å². The van der Waals surface area contributed by atoms with Crippen LogP contribution in [0.4, 0.5) is 16.2 Å². The number of carbonyl (C=O) groups excluding carboxylic acids is 2. The number of hydrogen-bond acceptors (Lipinski definition) is 4. The molecule has 35 heavy (non-hydrogen) atoms. The van der Waals surface area contributed by atoms with Crippen LogP contribution in [0.2, 0.25) is 0 Å². The third kappa shape index (κ3) is 6.70. The van der Waals surface area contributed by atoms with Crippen molar-refractivity contribution in [2.75, 3.05) is 10.6 Å². The predicted octanol–water partition coefficient (Wildman–Crippen LogP) is 4.88. The Kier molecular flexibility index (Phi) is 7.42. The molecule has 4 aromatic rings. The van der Waals surface area contributed by atoms with E-state index in [1.54, 1.807) is 36.5 Å². The number of nitrogens with zero attached hydrogens (tertiary/aromatic N) is 2. The quantitative estimate of drug-likeness (QED) is 0.343. The van der Waals surface area contributed by atoms with E-state index in [9.17, 15) is 9.59 Å². The number of aryl methyl sites for hydroxylation is 2. The van der Waals surface area contributed by atoms with Crippen LogP contribution in [-0.4, -0.2) is 21.5 Å². The molecule has 3 N–H and O–H groups in total. The van der Waals surface area contributed by atoms with Crippen LogP contribution in [-0.2, 0) is 20.2 Å². The molecule has 0 radical (unpaired) electrons. The van der Waals surface area contributed by atoms with Gasteiger partial charge in [0.05, 0.1) is 0 Å². The van der Waals surface area contributed by atoms with Crippen molar-refractivity contribution >= 4 is 23.3 Å². The van der Waals surface area contributed by atoms with Crippen molar-refractivity contribution in [3.8, 4) is 5.75 Å². The molecule has 3 aromatic carbocycles. The third-order valence-corrected chi connectivity index (χ3v) is 5.32. The van der Waals surface area contributed by atoms with E-state index in [1.807, 2.05) is 67.2 Å². The average molecular weight is 470 g/mol. The van der Waals surface area contributed by atoms with Gasteiger partial charge >= 0.3 is 6.03 Å². The minimum Gasteiger partial charge on any atom is -0.486 e. The van der Waals surface area contributed by atoms with Crippen LogP contribution in [0.15, 0.2) is 85.2 Å². The Morgan fingerprint density at radius 1 is 0.943 bits per heavy atom. The van der Waals surface area contributed by atoms with Gasteiger partial charge in [-0.05, 0) is 66.6 Å². The van der Waals surface area contributed by atoms with Crippen molar-refractivity contribution in [3.63, 3.8) is 0 Å². The number of amides is 3. The van der Waals surface area contributed by atoms with Gasteiger partial charge in [-0.3, -0.25) is 4.79 Å². The number of urea groups is 1. The van der Waals surface area contributed by atoms with Crippen LogP contribution in [0.5, 0.6) is 5.75 Å². The van der Waals surface area contributed by atoms with E-state index in [-0.39, 0.29) is 11.9 Å². The Morgan fingerprint density at radius 2 is 1.66 bits per heavy atom. The Hall–Kier alpha value is -4.59. The summed E-state index contributed by atoms with van der Waals surface area (Å²) in [5, 5.41) is 8.53. The number of nitrogens with one attached hydrogen (secondary N) is 3. The van der Waals surface area contributed by atoms with Crippen molar-refractivity contribution in [1.29, 1.82) is 0 Å². The molecule has 0 spiro atoms. The van der Waals surface area contributed by atoms with Gasteiger partial charge in [0.15, 0.2) is 0 Å². The van der Waals surface area contributed by atoms with E-state index in [4.69, 9.17) is 4.74 Å². The first-order valence-electron chi connectivity index (χ1n) is 11.2. The van der Waals surface area contributed by atoms with Crippen molar-refractivity contribution < 1.29 is 14.3 Å². The fourth-order valence-corrected chi connectivity index (χ4v) is 3.45. The zero-order valence-corrected chi connectivity index (χ0v) is 19.6. The van der Waals surface area contributed by atoms with Crippen molar-refractivity contribution in [3.05, 3.63) is 108 Å². The first-order chi connectivity index (χ1) is 17.0. The Labute approximate surface area is 204 Å². The second kappa shape index (κ2) is 11.0. The van der Waals surface area contributed by atoms with E-state index >= 15 is 0 Å². The largest absolute Gasteiger partial charge is 0.486 e. The van der Waals surface area contributed by atoms with Gasteiger partial charge in [0.1, 0.15) is 18.2 Å². The lowest BCUT2D eigenvalue weighted by molar-refractivity contribution is 0.0951. The average Bonchev–Trinajstić information content (AvgIpc) is 3.26. The molecule has 0 aliphatic rings. The first kappa shape index (κ1) is 23.6. The minimum atomic E-state index is -0.331. The highest BCUT2D eigenvalue weighted by molar-refractivity contribution is 5.99. The molecule has 0 aliphatic heterocycles. The second-order valence-electron chi connectivity index (χ2n) is 8.10. The molecule has 178 valence electrons. The molecule has 8 heteroatoms. The molecule has 0 unspecified atom stereocenters. The SMILES string of the molecule is Cc1cccc(NC(=O)Nc2cccc(CNC(=O)c3ccc(OCc4nccn4C)cc3)c2)c1. The van der Waals surface area contributed by atoms with Crippen molar-refractivity contribution in [2.24, 2.45) is 7.05 Å². The lowest BCUT2D eigenvalue weighted by atomic mass is 10.1. The highest BCUT2D eigenvalue weighted by atomic mass is 16.5. The molecule has 0 fully saturated rings. The summed E-state index contributed by atoms with van der Waals surface area (Å²) in [5.41, 5.74) is 3.81. The van der Waals surface area contributed by atoms with Crippen LogP contribution in [0.1, 0.15) is 27.3 Å². The predicted molar refractivity (Wildman–Crippen MR) is 135 cm³/mol. The number of hydrogen-bond donors (Lipinski definition) is 3. The second-order valence-corrected chi connectivity index (χ2v) is 8.10. The molecule has 4 rings (SSSR count). The van der Waals surface area contributed by atoms with E-state index < -0.39 is 0 Å². The Bertz CT molecular complexity index is 1310. The standard InChI is InChI=1S/C27H27N5O3/c1-19-5-3-7-22(15-19)30-27(34)31-23-8-4-6-20(16-23)17-29-26(33)21-9-11-24(12-10-21)35-18-25-28-13-14-32(25)2/h3-16H,17-18H2,1-2H3,(H,29,33)(H2,30,31,34). The minimum absolute atomic E-state index is 0.198. The normalized spacial score (nSPS) is 10.5. The van der Waals surface area contributed by atoms with E-state index in [0.29, 0.717) is 30.2 Å². The van der Waals surface area contributed by atoms with Gasteiger partial charge in [-0.15, -0.1) is 0 Å². The molecule has 0 atom stereocenters. The smallest absolute Gasteiger partial charge is 0.323 e. The zero-order chi connectivity index (χ0) is 24.6. The van der Waals surface area contributed by atoms with E-state index in [0.717, 1.165) is 22.6 Å². The number of benzene rings is 3. The lowest BCUT2D eigenvalue weighted by Crippen LogP contribution is -2.23. The monoisotopic (exact) mass is 469 g/mol. The number of aromatic nitrogens is 2. The summed E-state index contributed by atoms with van der Waals surface area (Å²) in [6.45, 7) is 2.64. The van der Waals surface area contributed by atoms with Crippen LogP contribution in [0, 0.1) is 6.92 Å². The molecule has 0 saturated heterocycles. The zero-order valence-electron chi connectivity index (χ0n) is 19.6. The van der Waals surface area contributed by atoms with Crippen LogP contribution in [0.25, 0.3) is 0 Å². The van der Waals surface area contributed by atoms with E-state index in [2.05, 4.69) is 20.9 Å². The highest BCUT2D eigenvalue weighted by Gasteiger charge is 2.08. The van der Waals surface area contributed by atoms with Gasteiger partial charge in [0, 0.05) is 42.9 Å². The van der Waals surface area contributed by atoms with Gasteiger partial charge in [0.2, 0.25) is 0 Å². The molecular weight excluding hydrogens is 442 g/mol. The number of imidazole rings is 1. The summed E-state index contributed by atoms with van der Waals surface area (Å²) in [4.78, 5) is 29.1. The summed E-state index contributed by atoms with van der Waals surface area (Å²) in [7, 11) is 1.91. The van der Waals surface area contributed by atoms with Crippen LogP contribution < -0.4 is 20.7 Å². The van der Waals surface area contributed by atoms with Crippen LogP contribution >= 0.6 is 0 Å². The Balaban J connectivity index is 1.27. The number of anilines is 2. The molecule has 1 heterocycles. The highest BCUT2D eigenvalue weighted by Crippen LogP contribution is 2.15. The van der Waals surface area contributed by atoms with Crippen molar-refractivity contribution in [1.82, 2.24) is 14.9 Å². The fourth-order valence-electron chi connectivity index (χ4n) is 3.45. The van der Waals surface area contributed by atoms with Gasteiger partial charge in [-0.2, -0.15) is 0 Å². The number of ether oxygens (including phenoxy) is 1. The van der Waals surface area contributed by atoms with Gasteiger partial charge in [-0.1, -0.05) is 24.3 Å². The van der Waals surface area contributed by atoms with E-state index in [1.165, 1.54) is 0 Å². The van der Waals surface area contributed by atoms with Gasteiger partial charge < -0.3 is 25.3 Å². The summed E-state index contributed by atoms with van der Waals surface area (Å²) < 4.78 is 7.62. The number of rotatable bonds is 8. The molecule has 8 nitrogen and oxygen atoms in total. The number of carbonyl (C=O) groups is 2. The fraction of sp³-hybridized carbons (Fsp3) is 0.148. The molecule has 0 saturated carbocycles. The van der Waals surface area contributed by atoms with Crippen LogP contribution in [0.3, 0.4) is 0 Å². The molecule has 3 amide bonds. The maximum atomic E-state index is 12.6. The lowest BCUT2D eigenvalue weighted by Gasteiger charge is -2.11. The molecule has 1 aromatic heterocycles. The third-order valence-electron chi connectivity index (χ3n) is 5.32. The summed E-state index contributed by atoms with van der Waals surface area (Å²) in [6.07, 6.45) is 3.58. The summed E-state index contributed by atoms with van der Waals surface area (Å²) >= 11 is 0. The maximum absolute atomic E-state index is 12.6. The molecule has 0 bridgehead atoms. The Morgan fingerprint density at radius 3 is 2.34 bits per heavy atom. The summed E-state index contributed by atoms with van der Waals surface area (Å²) in [6, 6.07) is 21.5. The van der Waals surface area contributed by atoms with Gasteiger partial charge in [0.25, 0.3) is 5.91 Å². The van der Waals surface area contributed by atoms with Gasteiger partial charge in [-0.25, -0.2) is 9.78 Å². The summed E-state index contributed by atoms with van der Waals surface area (Å²) in [5.74, 6) is 1.28. The molecular formula is C27H27N5O3. The molecule has 0 aliphatic carbocycles. The first-order valence-corrected chi connectivity index (χ1v) is 11.2. The maximum Gasteiger partial charge on any atom is 0.323 e.